The summed E-state index contributed by atoms with van der Waals surface area (Å²) >= 11 is 0. The van der Waals surface area contributed by atoms with Gasteiger partial charge in [0.05, 0.1) is 18.7 Å². The van der Waals surface area contributed by atoms with E-state index in [-0.39, 0.29) is 6.61 Å². The molecule has 2 aromatic carbocycles. The molecular formula is C25H22F2N4O4. The van der Waals surface area contributed by atoms with E-state index in [2.05, 4.69) is 15.3 Å². The molecular weight excluding hydrogens is 458 g/mol. The van der Waals surface area contributed by atoms with Gasteiger partial charge in [0.2, 0.25) is 11.8 Å². The van der Waals surface area contributed by atoms with E-state index in [4.69, 9.17) is 15.2 Å². The molecule has 3 N–H and O–H groups in total. The van der Waals surface area contributed by atoms with Gasteiger partial charge in [-0.05, 0) is 47.9 Å². The van der Waals surface area contributed by atoms with Gasteiger partial charge < -0.3 is 20.5 Å². The summed E-state index contributed by atoms with van der Waals surface area (Å²) in [5.41, 5.74) is 6.53. The molecule has 1 fully saturated rings. The molecule has 180 valence electrons. The molecule has 1 saturated heterocycles. The number of halogens is 2. The summed E-state index contributed by atoms with van der Waals surface area (Å²) in [5.74, 6) is -4.03. The predicted molar refractivity (Wildman–Crippen MR) is 126 cm³/mol. The Morgan fingerprint density at radius 1 is 1.11 bits per heavy atom. The van der Waals surface area contributed by atoms with Crippen molar-refractivity contribution in [2.45, 2.75) is 18.4 Å². The van der Waals surface area contributed by atoms with E-state index in [9.17, 15) is 18.4 Å². The number of alkyl halides is 2. The lowest BCUT2D eigenvalue weighted by atomic mass is 10.1. The second-order valence-corrected chi connectivity index (χ2v) is 7.87. The van der Waals surface area contributed by atoms with Crippen LogP contribution in [0.5, 0.6) is 11.6 Å². The predicted octanol–water partition coefficient (Wildman–Crippen LogP) is 3.48. The lowest BCUT2D eigenvalue weighted by Crippen LogP contribution is -2.33. The molecule has 0 unspecified atom stereocenters. The molecule has 3 heterocycles. The van der Waals surface area contributed by atoms with Gasteiger partial charge in [0, 0.05) is 35.2 Å². The number of nitrogens with two attached hydrogens (primary N) is 1. The molecule has 1 aliphatic rings. The van der Waals surface area contributed by atoms with Crippen LogP contribution >= 0.6 is 0 Å². The molecule has 1 atom stereocenters. The van der Waals surface area contributed by atoms with E-state index >= 15 is 0 Å². The Morgan fingerprint density at radius 3 is 2.66 bits per heavy atom. The van der Waals surface area contributed by atoms with Crippen molar-refractivity contribution in [1.82, 2.24) is 15.3 Å². The summed E-state index contributed by atoms with van der Waals surface area (Å²) in [4.78, 5) is 30.2. The molecule has 0 radical (unpaired) electrons. The number of carbonyl (C=O) groups is 2. The molecule has 0 bridgehead atoms. The fourth-order valence-electron chi connectivity index (χ4n) is 3.62. The molecule has 5 rings (SSSR count). The van der Waals surface area contributed by atoms with Crippen LogP contribution in [0.3, 0.4) is 0 Å². The van der Waals surface area contributed by atoms with Crippen LogP contribution in [-0.4, -0.2) is 47.5 Å². The largest absolute Gasteiger partial charge is 0.497 e. The van der Waals surface area contributed by atoms with Gasteiger partial charge in [0.1, 0.15) is 12.4 Å². The quantitative estimate of drug-likeness (QED) is 0.452. The highest BCUT2D eigenvalue weighted by Crippen LogP contribution is 2.29. The van der Waals surface area contributed by atoms with Gasteiger partial charge in [-0.15, -0.1) is 0 Å². The summed E-state index contributed by atoms with van der Waals surface area (Å²) < 4.78 is 37.0. The van der Waals surface area contributed by atoms with Crippen LogP contribution < -0.4 is 20.5 Å². The lowest BCUT2D eigenvalue weighted by Gasteiger charge is -2.13. The first kappa shape index (κ1) is 23.8. The van der Waals surface area contributed by atoms with E-state index < -0.39 is 30.2 Å². The van der Waals surface area contributed by atoms with Gasteiger partial charge in [-0.2, -0.15) is 8.78 Å². The Hall–Kier alpha value is -4.34. The maximum absolute atomic E-state index is 13.2. The zero-order valence-electron chi connectivity index (χ0n) is 18.7. The Labute approximate surface area is 199 Å². The van der Waals surface area contributed by atoms with Crippen molar-refractivity contribution in [1.29, 1.82) is 0 Å². The summed E-state index contributed by atoms with van der Waals surface area (Å²) in [7, 11) is 1.55. The molecule has 1 aliphatic heterocycles. The van der Waals surface area contributed by atoms with Crippen molar-refractivity contribution >= 4 is 33.5 Å². The van der Waals surface area contributed by atoms with Gasteiger partial charge >= 0.3 is 5.92 Å². The van der Waals surface area contributed by atoms with Crippen molar-refractivity contribution in [2.75, 3.05) is 13.7 Å². The van der Waals surface area contributed by atoms with Crippen molar-refractivity contribution in [3.63, 3.8) is 0 Å². The zero-order chi connectivity index (χ0) is 25.0. The number of benzene rings is 2. The molecule has 2 aromatic heterocycles. The topological polar surface area (TPSA) is 116 Å². The number of aromatic nitrogens is 2. The third kappa shape index (κ3) is 5.43. The monoisotopic (exact) mass is 480 g/mol. The normalized spacial score (nSPS) is 16.3. The number of amides is 2. The fourth-order valence-corrected chi connectivity index (χ4v) is 3.62. The molecule has 0 spiro atoms. The average molecular weight is 480 g/mol. The van der Waals surface area contributed by atoms with Gasteiger partial charge in [-0.25, -0.2) is 4.98 Å². The van der Waals surface area contributed by atoms with E-state index in [0.717, 1.165) is 21.7 Å². The summed E-state index contributed by atoms with van der Waals surface area (Å²) in [6.07, 6.45) is 2.72. The number of ether oxygens (including phenoxy) is 2. The number of carbonyl (C=O) groups excluding carboxylic acids is 2. The number of methoxy groups -OCH3 is 1. The minimum Gasteiger partial charge on any atom is -0.497 e. The van der Waals surface area contributed by atoms with Crippen LogP contribution in [-0.2, 0) is 4.79 Å². The van der Waals surface area contributed by atoms with Crippen LogP contribution in [0.4, 0.5) is 8.78 Å². The van der Waals surface area contributed by atoms with Crippen LogP contribution in [0.25, 0.3) is 21.7 Å². The molecule has 0 aliphatic carbocycles. The van der Waals surface area contributed by atoms with Crippen LogP contribution in [0, 0.1) is 0 Å². The van der Waals surface area contributed by atoms with Crippen molar-refractivity contribution < 1.29 is 27.8 Å². The van der Waals surface area contributed by atoms with Gasteiger partial charge in [0.15, 0.2) is 0 Å². The SMILES string of the molecule is COc1ccc2ccnc(OC[C@@H]3CC(F)(F)C(=O)N3)c2c1.NC(=O)c1ccc2ncccc2c1. The van der Waals surface area contributed by atoms with E-state index in [1.165, 1.54) is 0 Å². The smallest absolute Gasteiger partial charge is 0.326 e. The highest BCUT2D eigenvalue weighted by Gasteiger charge is 2.48. The molecule has 8 nitrogen and oxygen atoms in total. The third-order valence-corrected chi connectivity index (χ3v) is 5.42. The van der Waals surface area contributed by atoms with Gasteiger partial charge in [-0.1, -0.05) is 12.1 Å². The van der Waals surface area contributed by atoms with E-state index in [1.807, 2.05) is 30.3 Å². The molecule has 4 aromatic rings. The van der Waals surface area contributed by atoms with Crippen LogP contribution in [0.1, 0.15) is 16.8 Å². The standard InChI is InChI=1S/C15H14F2N2O3.C10H8N2O/c1-21-11-3-2-9-4-5-18-13(12(9)6-11)22-8-10-7-15(16,17)14(20)19-10;11-10(13)8-3-4-9-7(6-8)2-1-5-12-9/h2-6,10H,7-8H2,1H3,(H,19,20);1-6H,(H2,11,13)/t10-;/m0./s1. The summed E-state index contributed by atoms with van der Waals surface area (Å²) in [6.45, 7) is -0.0648. The Bertz CT molecular complexity index is 1400. The maximum Gasteiger partial charge on any atom is 0.326 e. The highest BCUT2D eigenvalue weighted by atomic mass is 19.3. The Kier molecular flexibility index (Phi) is 6.72. The number of fused-ring (bicyclic) bond motifs is 2. The molecule has 2 amide bonds. The Balaban J connectivity index is 0.000000189. The fraction of sp³-hybridized carbons (Fsp3) is 0.200. The lowest BCUT2D eigenvalue weighted by molar-refractivity contribution is -0.139. The van der Waals surface area contributed by atoms with Crippen LogP contribution in [0.15, 0.2) is 67.0 Å². The number of hydrogen-bond donors (Lipinski definition) is 2. The molecule has 10 heteroatoms. The number of nitrogens with one attached hydrogen (secondary N) is 1. The van der Waals surface area contributed by atoms with Crippen molar-refractivity contribution in [2.24, 2.45) is 5.73 Å². The number of pyridine rings is 2. The number of primary amides is 1. The second kappa shape index (κ2) is 9.88. The summed E-state index contributed by atoms with van der Waals surface area (Å²) in [6, 6.07) is 15.4. The summed E-state index contributed by atoms with van der Waals surface area (Å²) in [5, 5.41) is 4.76. The maximum atomic E-state index is 13.2. The molecule has 35 heavy (non-hydrogen) atoms. The minimum absolute atomic E-state index is 0.0648. The van der Waals surface area contributed by atoms with Crippen LogP contribution in [0.2, 0.25) is 0 Å². The first-order valence-corrected chi connectivity index (χ1v) is 10.7. The second-order valence-electron chi connectivity index (χ2n) is 7.87. The highest BCUT2D eigenvalue weighted by molar-refractivity contribution is 5.96. The first-order valence-electron chi connectivity index (χ1n) is 10.7. The van der Waals surface area contributed by atoms with Crippen molar-refractivity contribution in [3.8, 4) is 11.6 Å². The average Bonchev–Trinajstić information content (AvgIpc) is 3.13. The minimum atomic E-state index is -3.33. The third-order valence-electron chi connectivity index (χ3n) is 5.42. The first-order chi connectivity index (χ1) is 16.8. The number of hydrogen-bond acceptors (Lipinski definition) is 6. The van der Waals surface area contributed by atoms with E-state index in [1.54, 1.807) is 43.8 Å². The number of nitrogens with zero attached hydrogens (tertiary/aromatic N) is 2. The van der Waals surface area contributed by atoms with Gasteiger partial charge in [0.25, 0.3) is 5.91 Å². The number of rotatable bonds is 5. The molecule has 0 saturated carbocycles. The van der Waals surface area contributed by atoms with E-state index in [0.29, 0.717) is 17.2 Å². The zero-order valence-corrected chi connectivity index (χ0v) is 18.7. The van der Waals surface area contributed by atoms with Crippen molar-refractivity contribution in [3.05, 3.63) is 72.6 Å². The Morgan fingerprint density at radius 2 is 1.94 bits per heavy atom. The van der Waals surface area contributed by atoms with Gasteiger partial charge in [-0.3, -0.25) is 14.6 Å².